The van der Waals surface area contributed by atoms with Gasteiger partial charge in [0.25, 0.3) is 0 Å². The van der Waals surface area contributed by atoms with Crippen molar-refractivity contribution in [3.8, 4) is 0 Å². The van der Waals surface area contributed by atoms with Crippen LogP contribution in [0.1, 0.15) is 72.9 Å². The molecule has 2 unspecified atom stereocenters. The lowest BCUT2D eigenvalue weighted by Gasteiger charge is -2.39. The van der Waals surface area contributed by atoms with Crippen LogP contribution in [0.2, 0.25) is 0 Å². The molecule has 1 nitrogen and oxygen atoms in total. The van der Waals surface area contributed by atoms with Gasteiger partial charge in [0, 0.05) is 23.8 Å². The van der Waals surface area contributed by atoms with Gasteiger partial charge in [-0.05, 0) is 78.7 Å². The molecule has 0 N–H and O–H groups in total. The zero-order valence-electron chi connectivity index (χ0n) is 19.2. The standard InChI is InChI=1S/C30H35N/c1-5-23-10-13-26-17-24(18-27(26)16-23)11-12-25-7-6-8-28-22(4)31(19-29(25)28)30-14-9-20(2)15-21(30)3/h6-8,10,13,16,18,21,30H,2,4-5,9,11-12,14-15,17,19H2,1,3H3. The van der Waals surface area contributed by atoms with E-state index in [1.54, 1.807) is 5.57 Å². The molecular weight excluding hydrogens is 374 g/mol. The predicted molar refractivity (Wildman–Crippen MR) is 133 cm³/mol. The number of allylic oxidation sites excluding steroid dienone is 2. The van der Waals surface area contributed by atoms with Gasteiger partial charge < -0.3 is 4.90 Å². The van der Waals surface area contributed by atoms with Crippen LogP contribution in [0.25, 0.3) is 11.8 Å². The molecule has 0 bridgehead atoms. The first-order valence-corrected chi connectivity index (χ1v) is 12.1. The Morgan fingerprint density at radius 2 is 1.97 bits per heavy atom. The smallest absolute Gasteiger partial charge is 0.0442 e. The topological polar surface area (TPSA) is 3.24 Å². The monoisotopic (exact) mass is 409 g/mol. The molecule has 1 heteroatoms. The number of hydrogen-bond donors (Lipinski definition) is 0. The largest absolute Gasteiger partial charge is 0.364 e. The van der Waals surface area contributed by atoms with E-state index in [2.05, 4.69) is 74.4 Å². The molecule has 1 saturated carbocycles. The summed E-state index contributed by atoms with van der Waals surface area (Å²) in [5.41, 5.74) is 13.0. The van der Waals surface area contributed by atoms with E-state index in [1.165, 1.54) is 51.1 Å². The van der Waals surface area contributed by atoms with E-state index in [4.69, 9.17) is 0 Å². The first-order valence-electron chi connectivity index (χ1n) is 12.1. The van der Waals surface area contributed by atoms with Crippen LogP contribution in [-0.2, 0) is 25.8 Å². The van der Waals surface area contributed by atoms with E-state index in [0.29, 0.717) is 12.0 Å². The fourth-order valence-corrected chi connectivity index (χ4v) is 5.99. The van der Waals surface area contributed by atoms with E-state index in [-0.39, 0.29) is 0 Å². The summed E-state index contributed by atoms with van der Waals surface area (Å²) in [5.74, 6) is 0.658. The number of benzene rings is 2. The lowest BCUT2D eigenvalue weighted by molar-refractivity contribution is 0.194. The summed E-state index contributed by atoms with van der Waals surface area (Å²) in [7, 11) is 0. The molecule has 2 atom stereocenters. The van der Waals surface area contributed by atoms with Crippen molar-refractivity contribution in [1.29, 1.82) is 0 Å². The van der Waals surface area contributed by atoms with Gasteiger partial charge in [0.1, 0.15) is 0 Å². The highest BCUT2D eigenvalue weighted by Gasteiger charge is 2.34. The molecule has 1 fully saturated rings. The Hall–Kier alpha value is -2.54. The number of hydrogen-bond acceptors (Lipinski definition) is 1. The van der Waals surface area contributed by atoms with Crippen LogP contribution < -0.4 is 0 Å². The van der Waals surface area contributed by atoms with Gasteiger partial charge in [0.2, 0.25) is 0 Å². The summed E-state index contributed by atoms with van der Waals surface area (Å²) >= 11 is 0. The summed E-state index contributed by atoms with van der Waals surface area (Å²) < 4.78 is 0. The third-order valence-corrected chi connectivity index (χ3v) is 7.83. The summed E-state index contributed by atoms with van der Waals surface area (Å²) in [6, 6.07) is 14.5. The Bertz CT molecular complexity index is 1070. The maximum atomic E-state index is 4.52. The fraction of sp³-hybridized carbons (Fsp3) is 0.400. The van der Waals surface area contributed by atoms with Crippen molar-refractivity contribution in [1.82, 2.24) is 4.90 Å². The third-order valence-electron chi connectivity index (χ3n) is 7.83. The molecule has 31 heavy (non-hydrogen) atoms. The molecule has 1 aliphatic heterocycles. The van der Waals surface area contributed by atoms with Crippen LogP contribution in [-0.4, -0.2) is 10.9 Å². The summed E-state index contributed by atoms with van der Waals surface area (Å²) in [6.07, 6.45) is 10.5. The summed E-state index contributed by atoms with van der Waals surface area (Å²) in [4.78, 5) is 2.60. The highest BCUT2D eigenvalue weighted by Crippen LogP contribution is 2.41. The quantitative estimate of drug-likeness (QED) is 0.467. The van der Waals surface area contributed by atoms with Crippen molar-refractivity contribution in [3.05, 3.63) is 94.1 Å². The Morgan fingerprint density at radius 3 is 2.77 bits per heavy atom. The Balaban J connectivity index is 1.30. The molecule has 2 aliphatic carbocycles. The molecule has 3 aliphatic rings. The van der Waals surface area contributed by atoms with Gasteiger partial charge in [-0.3, -0.25) is 0 Å². The Labute approximate surface area is 188 Å². The van der Waals surface area contributed by atoms with Gasteiger partial charge in [-0.15, -0.1) is 0 Å². The molecule has 0 spiro atoms. The molecule has 0 aromatic heterocycles. The molecule has 0 radical (unpaired) electrons. The first-order chi connectivity index (χ1) is 15.0. The van der Waals surface area contributed by atoms with Crippen LogP contribution in [0.15, 0.2) is 60.7 Å². The van der Waals surface area contributed by atoms with Crippen LogP contribution in [0.4, 0.5) is 0 Å². The van der Waals surface area contributed by atoms with E-state index in [0.717, 1.165) is 45.1 Å². The van der Waals surface area contributed by atoms with Crippen molar-refractivity contribution in [3.63, 3.8) is 0 Å². The van der Waals surface area contributed by atoms with Crippen molar-refractivity contribution in [2.75, 3.05) is 0 Å². The van der Waals surface area contributed by atoms with Gasteiger partial charge in [-0.1, -0.05) is 80.6 Å². The van der Waals surface area contributed by atoms with E-state index >= 15 is 0 Å². The second-order valence-corrected chi connectivity index (χ2v) is 9.92. The van der Waals surface area contributed by atoms with Gasteiger partial charge in [0.15, 0.2) is 0 Å². The highest BCUT2D eigenvalue weighted by molar-refractivity contribution is 5.71. The van der Waals surface area contributed by atoms with Crippen LogP contribution in [0, 0.1) is 5.92 Å². The molecule has 0 amide bonds. The van der Waals surface area contributed by atoms with Gasteiger partial charge in [-0.25, -0.2) is 0 Å². The molecule has 160 valence electrons. The summed E-state index contributed by atoms with van der Waals surface area (Å²) in [6.45, 7) is 14.4. The SMILES string of the molecule is C=C1CCC(N2Cc3c(CCC4=Cc5cc(CC)ccc5C4)cccc3C2=C)C(C)C1. The Morgan fingerprint density at radius 1 is 1.10 bits per heavy atom. The van der Waals surface area contributed by atoms with Crippen LogP contribution >= 0.6 is 0 Å². The second kappa shape index (κ2) is 8.19. The highest BCUT2D eigenvalue weighted by atomic mass is 15.2. The molecule has 1 heterocycles. The molecular formula is C30H35N. The fourth-order valence-electron chi connectivity index (χ4n) is 5.99. The average molecular weight is 410 g/mol. The van der Waals surface area contributed by atoms with Gasteiger partial charge in [0.05, 0.1) is 0 Å². The van der Waals surface area contributed by atoms with Gasteiger partial charge >= 0.3 is 0 Å². The minimum Gasteiger partial charge on any atom is -0.364 e. The maximum Gasteiger partial charge on any atom is 0.0442 e. The van der Waals surface area contributed by atoms with Crippen molar-refractivity contribution in [2.24, 2.45) is 5.92 Å². The minimum absolute atomic E-state index is 0.595. The van der Waals surface area contributed by atoms with Crippen molar-refractivity contribution in [2.45, 2.75) is 71.4 Å². The average Bonchev–Trinajstić information content (AvgIpc) is 3.33. The van der Waals surface area contributed by atoms with Crippen LogP contribution in [0.3, 0.4) is 0 Å². The maximum absolute atomic E-state index is 4.52. The lowest BCUT2D eigenvalue weighted by Crippen LogP contribution is -2.37. The molecule has 5 rings (SSSR count). The Kier molecular flexibility index (Phi) is 5.38. The number of rotatable bonds is 5. The number of aryl methyl sites for hydroxylation is 2. The predicted octanol–water partition coefficient (Wildman–Crippen LogP) is 7.35. The first kappa shape index (κ1) is 20.4. The third kappa shape index (κ3) is 3.80. The lowest BCUT2D eigenvalue weighted by atomic mass is 9.82. The molecule has 2 aromatic rings. The number of fused-ring (bicyclic) bond motifs is 2. The van der Waals surface area contributed by atoms with Crippen LogP contribution in [0.5, 0.6) is 0 Å². The van der Waals surface area contributed by atoms with E-state index in [1.807, 2.05) is 0 Å². The number of nitrogens with zero attached hydrogens (tertiary/aromatic N) is 1. The van der Waals surface area contributed by atoms with Gasteiger partial charge in [-0.2, -0.15) is 0 Å². The minimum atomic E-state index is 0.595. The molecule has 2 aromatic carbocycles. The molecule has 0 saturated heterocycles. The summed E-state index contributed by atoms with van der Waals surface area (Å²) in [5, 5.41) is 0. The zero-order valence-corrected chi connectivity index (χ0v) is 19.2. The second-order valence-electron chi connectivity index (χ2n) is 9.92. The van der Waals surface area contributed by atoms with Crippen molar-refractivity contribution >= 4 is 11.8 Å². The zero-order chi connectivity index (χ0) is 21.5. The normalized spacial score (nSPS) is 22.5. The van der Waals surface area contributed by atoms with E-state index < -0.39 is 0 Å². The van der Waals surface area contributed by atoms with E-state index in [9.17, 15) is 0 Å². The van der Waals surface area contributed by atoms with Crippen molar-refractivity contribution < 1.29 is 0 Å².